The van der Waals surface area contributed by atoms with E-state index in [1.165, 1.54) is 0 Å². The van der Waals surface area contributed by atoms with Crippen LogP contribution >= 0.6 is 0 Å². The fraction of sp³-hybridized carbons (Fsp3) is 0.348. The summed E-state index contributed by atoms with van der Waals surface area (Å²) in [6.07, 6.45) is 1.47. The summed E-state index contributed by atoms with van der Waals surface area (Å²) in [6, 6.07) is 14.6. The SMILES string of the molecule is CCC(CC)(CC(=O)Nc1cccc(C(=O)N2CCc3ccccc32)c1)C(=O)O. The smallest absolute Gasteiger partial charge is 0.310 e. The minimum atomic E-state index is -1.07. The van der Waals surface area contributed by atoms with E-state index in [9.17, 15) is 19.5 Å². The van der Waals surface area contributed by atoms with Crippen LogP contribution in [0.25, 0.3) is 0 Å². The van der Waals surface area contributed by atoms with E-state index in [0.29, 0.717) is 30.6 Å². The quantitative estimate of drug-likeness (QED) is 0.740. The Morgan fingerprint density at radius 1 is 1.07 bits per heavy atom. The van der Waals surface area contributed by atoms with Crippen LogP contribution in [0.3, 0.4) is 0 Å². The maximum Gasteiger partial charge on any atom is 0.310 e. The molecule has 0 fully saturated rings. The summed E-state index contributed by atoms with van der Waals surface area (Å²) in [5.74, 6) is -1.45. The highest BCUT2D eigenvalue weighted by atomic mass is 16.4. The average molecular weight is 394 g/mol. The lowest BCUT2D eigenvalue weighted by Gasteiger charge is -2.25. The van der Waals surface area contributed by atoms with Crippen molar-refractivity contribution < 1.29 is 19.5 Å². The maximum absolute atomic E-state index is 13.0. The van der Waals surface area contributed by atoms with Gasteiger partial charge in [-0.15, -0.1) is 0 Å². The van der Waals surface area contributed by atoms with Crippen molar-refractivity contribution in [3.63, 3.8) is 0 Å². The zero-order chi connectivity index (χ0) is 21.0. The van der Waals surface area contributed by atoms with Gasteiger partial charge in [-0.1, -0.05) is 38.1 Å². The number of aliphatic carboxylic acids is 1. The Morgan fingerprint density at radius 2 is 1.79 bits per heavy atom. The van der Waals surface area contributed by atoms with Gasteiger partial charge in [0, 0.05) is 29.9 Å². The minimum Gasteiger partial charge on any atom is -0.481 e. The number of anilines is 2. The van der Waals surface area contributed by atoms with Gasteiger partial charge in [0.05, 0.1) is 5.41 Å². The van der Waals surface area contributed by atoms with Gasteiger partial charge in [0.2, 0.25) is 5.91 Å². The molecule has 0 spiro atoms. The van der Waals surface area contributed by atoms with Crippen molar-refractivity contribution in [3.05, 3.63) is 59.7 Å². The molecule has 0 saturated heterocycles. The normalized spacial score (nSPS) is 13.1. The molecule has 0 radical (unpaired) electrons. The molecule has 0 saturated carbocycles. The second kappa shape index (κ2) is 8.47. The monoisotopic (exact) mass is 394 g/mol. The molecule has 29 heavy (non-hydrogen) atoms. The van der Waals surface area contributed by atoms with E-state index in [1.807, 2.05) is 24.3 Å². The number of nitrogens with one attached hydrogen (secondary N) is 1. The van der Waals surface area contributed by atoms with Crippen molar-refractivity contribution in [3.8, 4) is 0 Å². The van der Waals surface area contributed by atoms with E-state index in [4.69, 9.17) is 0 Å². The summed E-state index contributed by atoms with van der Waals surface area (Å²) in [7, 11) is 0. The Kier molecular flexibility index (Phi) is 6.01. The Labute approximate surface area is 170 Å². The van der Waals surface area contributed by atoms with E-state index in [2.05, 4.69) is 5.32 Å². The summed E-state index contributed by atoms with van der Waals surface area (Å²) in [5, 5.41) is 12.3. The zero-order valence-corrected chi connectivity index (χ0v) is 16.8. The van der Waals surface area contributed by atoms with Crippen LogP contribution in [0.1, 0.15) is 49.0 Å². The van der Waals surface area contributed by atoms with Gasteiger partial charge < -0.3 is 15.3 Å². The average Bonchev–Trinajstić information content (AvgIpc) is 3.15. The summed E-state index contributed by atoms with van der Waals surface area (Å²) in [5.41, 5.74) is 1.96. The second-order valence-corrected chi connectivity index (χ2v) is 7.43. The molecule has 0 aliphatic carbocycles. The van der Waals surface area contributed by atoms with Crippen LogP contribution in [0.2, 0.25) is 0 Å². The molecule has 2 amide bonds. The molecule has 1 heterocycles. The molecule has 0 aromatic heterocycles. The van der Waals surface area contributed by atoms with Crippen molar-refractivity contribution in [1.29, 1.82) is 0 Å². The highest BCUT2D eigenvalue weighted by Crippen LogP contribution is 2.32. The van der Waals surface area contributed by atoms with Gasteiger partial charge in [0.15, 0.2) is 0 Å². The molecule has 2 aromatic rings. The topological polar surface area (TPSA) is 86.7 Å². The number of carboxylic acid groups (broad SMARTS) is 1. The predicted octanol–water partition coefficient (Wildman–Crippen LogP) is 4.11. The fourth-order valence-electron chi connectivity index (χ4n) is 3.83. The first-order valence-electron chi connectivity index (χ1n) is 9.93. The van der Waals surface area contributed by atoms with E-state index in [1.54, 1.807) is 43.0 Å². The molecule has 0 bridgehead atoms. The first kappa shape index (κ1) is 20.6. The third kappa shape index (κ3) is 4.16. The van der Waals surface area contributed by atoms with Crippen LogP contribution in [0.5, 0.6) is 0 Å². The Bertz CT molecular complexity index is 934. The van der Waals surface area contributed by atoms with Crippen molar-refractivity contribution >= 4 is 29.2 Å². The van der Waals surface area contributed by atoms with E-state index in [0.717, 1.165) is 17.7 Å². The van der Waals surface area contributed by atoms with Gasteiger partial charge in [0.1, 0.15) is 0 Å². The maximum atomic E-state index is 13.0. The number of hydrogen-bond acceptors (Lipinski definition) is 3. The third-order valence-corrected chi connectivity index (χ3v) is 5.83. The van der Waals surface area contributed by atoms with E-state index in [-0.39, 0.29) is 18.2 Å². The Balaban J connectivity index is 1.74. The van der Waals surface area contributed by atoms with Crippen LogP contribution in [0.4, 0.5) is 11.4 Å². The fourth-order valence-corrected chi connectivity index (χ4v) is 3.83. The van der Waals surface area contributed by atoms with Gasteiger partial charge in [0.25, 0.3) is 5.91 Å². The standard InChI is InChI=1S/C23H26N2O4/c1-3-23(4-2,22(28)29)15-20(26)24-18-10-7-9-17(14-18)21(27)25-13-12-16-8-5-6-11-19(16)25/h5-11,14H,3-4,12-13,15H2,1-2H3,(H,24,26)(H,28,29). The highest BCUT2D eigenvalue weighted by molar-refractivity contribution is 6.08. The van der Waals surface area contributed by atoms with E-state index >= 15 is 0 Å². The van der Waals surface area contributed by atoms with Crippen LogP contribution in [0, 0.1) is 5.41 Å². The molecule has 2 N–H and O–H groups in total. The number of benzene rings is 2. The lowest BCUT2D eigenvalue weighted by atomic mass is 9.79. The number of carboxylic acids is 1. The molecule has 6 nitrogen and oxygen atoms in total. The third-order valence-electron chi connectivity index (χ3n) is 5.83. The van der Waals surface area contributed by atoms with Crippen molar-refractivity contribution in [2.45, 2.75) is 39.5 Å². The molecule has 0 unspecified atom stereocenters. The number of para-hydroxylation sites is 1. The summed E-state index contributed by atoms with van der Waals surface area (Å²) < 4.78 is 0. The van der Waals surface area contributed by atoms with Crippen LogP contribution in [-0.4, -0.2) is 29.4 Å². The summed E-state index contributed by atoms with van der Waals surface area (Å²) >= 11 is 0. The largest absolute Gasteiger partial charge is 0.481 e. The first-order valence-corrected chi connectivity index (χ1v) is 9.93. The molecule has 0 atom stereocenters. The minimum absolute atomic E-state index is 0.104. The molecule has 6 heteroatoms. The lowest BCUT2D eigenvalue weighted by Crippen LogP contribution is -2.34. The van der Waals surface area contributed by atoms with Gasteiger partial charge >= 0.3 is 5.97 Å². The summed E-state index contributed by atoms with van der Waals surface area (Å²) in [6.45, 7) is 4.18. The van der Waals surface area contributed by atoms with Crippen molar-refractivity contribution in [2.75, 3.05) is 16.8 Å². The Morgan fingerprint density at radius 3 is 2.48 bits per heavy atom. The number of rotatable bonds is 7. The summed E-state index contributed by atoms with van der Waals surface area (Å²) in [4.78, 5) is 38.9. The van der Waals surface area contributed by atoms with Gasteiger partial charge in [-0.25, -0.2) is 0 Å². The molecular weight excluding hydrogens is 368 g/mol. The zero-order valence-electron chi connectivity index (χ0n) is 16.8. The van der Waals surface area contributed by atoms with Gasteiger partial charge in [-0.3, -0.25) is 14.4 Å². The molecule has 1 aliphatic rings. The molecular formula is C23H26N2O4. The van der Waals surface area contributed by atoms with Gasteiger partial charge in [-0.2, -0.15) is 0 Å². The Hall–Kier alpha value is -3.15. The van der Waals surface area contributed by atoms with Gasteiger partial charge in [-0.05, 0) is 49.1 Å². The number of carbonyl (C=O) groups is 3. The lowest BCUT2D eigenvalue weighted by molar-refractivity contribution is -0.151. The van der Waals surface area contributed by atoms with Crippen molar-refractivity contribution in [1.82, 2.24) is 0 Å². The molecule has 1 aliphatic heterocycles. The van der Waals surface area contributed by atoms with E-state index < -0.39 is 11.4 Å². The number of hydrogen-bond donors (Lipinski definition) is 2. The number of amides is 2. The number of fused-ring (bicyclic) bond motifs is 1. The van der Waals surface area contributed by atoms with Crippen molar-refractivity contribution in [2.24, 2.45) is 5.41 Å². The molecule has 152 valence electrons. The van der Waals surface area contributed by atoms with Crippen LogP contribution in [-0.2, 0) is 16.0 Å². The molecule has 2 aromatic carbocycles. The predicted molar refractivity (Wildman–Crippen MR) is 112 cm³/mol. The van der Waals surface area contributed by atoms with Crippen LogP contribution in [0.15, 0.2) is 48.5 Å². The number of nitrogens with zero attached hydrogens (tertiary/aromatic N) is 1. The highest BCUT2D eigenvalue weighted by Gasteiger charge is 2.37. The second-order valence-electron chi connectivity index (χ2n) is 7.43. The first-order chi connectivity index (χ1) is 13.9. The number of carbonyl (C=O) groups excluding carboxylic acids is 2. The van der Waals surface area contributed by atoms with Crippen LogP contribution < -0.4 is 10.2 Å². The molecule has 3 rings (SSSR count).